The number of carbonyl (C=O) groups excluding carboxylic acids is 1. The summed E-state index contributed by atoms with van der Waals surface area (Å²) in [6, 6.07) is 0. The van der Waals surface area contributed by atoms with Gasteiger partial charge in [0.05, 0.1) is 6.10 Å². The van der Waals surface area contributed by atoms with Crippen molar-refractivity contribution in [3.8, 4) is 0 Å². The van der Waals surface area contributed by atoms with Gasteiger partial charge < -0.3 is 14.9 Å². The summed E-state index contributed by atoms with van der Waals surface area (Å²) in [6.07, 6.45) is 3.25. The van der Waals surface area contributed by atoms with Crippen LogP contribution in [-0.4, -0.2) is 24.7 Å². The predicted molar refractivity (Wildman–Crippen MR) is 32.7 cm³/mol. The third-order valence-electron chi connectivity index (χ3n) is 1.42. The van der Waals surface area contributed by atoms with Crippen LogP contribution in [0.1, 0.15) is 12.8 Å². The van der Waals surface area contributed by atoms with Crippen LogP contribution in [0.2, 0.25) is 0 Å². The summed E-state index contributed by atoms with van der Waals surface area (Å²) in [4.78, 5) is 10.1. The highest BCUT2D eigenvalue weighted by atomic mass is 16.5. The summed E-state index contributed by atoms with van der Waals surface area (Å²) in [5.41, 5.74) is 0. The van der Waals surface area contributed by atoms with Crippen molar-refractivity contribution in [1.29, 1.82) is 5.41 Å². The topological polar surface area (TPSA) is 50.2 Å². The molecule has 2 atom stereocenters. The summed E-state index contributed by atoms with van der Waals surface area (Å²) >= 11 is 0. The van der Waals surface area contributed by atoms with Gasteiger partial charge in [0, 0.05) is 6.21 Å². The van der Waals surface area contributed by atoms with E-state index in [4.69, 9.17) is 10.1 Å². The van der Waals surface area contributed by atoms with Crippen LogP contribution in [0.15, 0.2) is 0 Å². The molecule has 0 aliphatic carbocycles. The normalized spacial score (nSPS) is 34.2. The van der Waals surface area contributed by atoms with Crippen LogP contribution in [0, 0.1) is 5.41 Å². The van der Waals surface area contributed by atoms with Crippen molar-refractivity contribution in [1.82, 2.24) is 0 Å². The molecule has 3 nitrogen and oxygen atoms in total. The third kappa shape index (κ3) is 1.36. The van der Waals surface area contributed by atoms with Crippen LogP contribution in [0.25, 0.3) is 0 Å². The summed E-state index contributed by atoms with van der Waals surface area (Å²) in [6.45, 7) is 0. The first-order valence-electron chi connectivity index (χ1n) is 2.98. The SMILES string of the molecule is N=CC1CCC(C=O)O1. The highest BCUT2D eigenvalue weighted by Gasteiger charge is 2.22. The minimum Gasteiger partial charge on any atom is -0.362 e. The molecule has 0 aromatic carbocycles. The highest BCUT2D eigenvalue weighted by molar-refractivity contribution is 5.63. The maximum Gasteiger partial charge on any atom is 0.148 e. The fraction of sp³-hybridized carbons (Fsp3) is 0.667. The lowest BCUT2D eigenvalue weighted by Gasteiger charge is -2.01. The predicted octanol–water partition coefficient (Wildman–Crippen LogP) is 0.382. The molecule has 9 heavy (non-hydrogen) atoms. The lowest BCUT2D eigenvalue weighted by molar-refractivity contribution is -0.116. The zero-order valence-corrected chi connectivity index (χ0v) is 5.04. The van der Waals surface area contributed by atoms with E-state index in [2.05, 4.69) is 0 Å². The van der Waals surface area contributed by atoms with Crippen molar-refractivity contribution in [2.45, 2.75) is 25.0 Å². The zero-order valence-electron chi connectivity index (χ0n) is 5.04. The minimum absolute atomic E-state index is 0.111. The standard InChI is InChI=1S/C6H9NO2/c7-3-5-1-2-6(4-8)9-5/h3-7H,1-2H2. The van der Waals surface area contributed by atoms with Crippen LogP contribution in [0.5, 0.6) is 0 Å². The first kappa shape index (κ1) is 6.42. The molecule has 0 amide bonds. The Hall–Kier alpha value is -0.700. The Kier molecular flexibility index (Phi) is 1.95. The molecule has 0 saturated carbocycles. The first-order chi connectivity index (χ1) is 4.36. The van der Waals surface area contributed by atoms with Crippen LogP contribution < -0.4 is 0 Å². The lowest BCUT2D eigenvalue weighted by atomic mass is 10.2. The molecule has 3 heteroatoms. The Labute approximate surface area is 53.5 Å². The number of ether oxygens (including phenoxy) is 1. The summed E-state index contributed by atoms with van der Waals surface area (Å²) in [5, 5.41) is 6.80. The molecule has 50 valence electrons. The molecule has 0 bridgehead atoms. The first-order valence-corrected chi connectivity index (χ1v) is 2.98. The van der Waals surface area contributed by atoms with E-state index in [1.807, 2.05) is 0 Å². The van der Waals surface area contributed by atoms with E-state index >= 15 is 0 Å². The molecular weight excluding hydrogens is 118 g/mol. The van der Waals surface area contributed by atoms with Crippen molar-refractivity contribution in [2.75, 3.05) is 0 Å². The van der Waals surface area contributed by atoms with Crippen molar-refractivity contribution in [2.24, 2.45) is 0 Å². The molecule has 1 aliphatic rings. The monoisotopic (exact) mass is 127 g/mol. The summed E-state index contributed by atoms with van der Waals surface area (Å²) < 4.78 is 5.05. The van der Waals surface area contributed by atoms with Crippen LogP contribution in [-0.2, 0) is 9.53 Å². The maximum atomic E-state index is 10.1. The second kappa shape index (κ2) is 2.73. The van der Waals surface area contributed by atoms with Crippen molar-refractivity contribution >= 4 is 12.5 Å². The van der Waals surface area contributed by atoms with Crippen molar-refractivity contribution in [3.05, 3.63) is 0 Å². The van der Waals surface area contributed by atoms with Crippen LogP contribution in [0.3, 0.4) is 0 Å². The van der Waals surface area contributed by atoms with Gasteiger partial charge in [-0.1, -0.05) is 0 Å². The second-order valence-corrected chi connectivity index (χ2v) is 2.09. The van der Waals surface area contributed by atoms with E-state index in [0.29, 0.717) is 0 Å². The van der Waals surface area contributed by atoms with E-state index in [0.717, 1.165) is 19.1 Å². The van der Waals surface area contributed by atoms with Gasteiger partial charge in [-0.15, -0.1) is 0 Å². The van der Waals surface area contributed by atoms with E-state index in [1.54, 1.807) is 0 Å². The van der Waals surface area contributed by atoms with Crippen molar-refractivity contribution < 1.29 is 9.53 Å². The average Bonchev–Trinajstić information content (AvgIpc) is 2.34. The molecule has 0 spiro atoms. The van der Waals surface area contributed by atoms with E-state index in [1.165, 1.54) is 6.21 Å². The molecule has 2 unspecified atom stereocenters. The molecule has 1 heterocycles. The van der Waals surface area contributed by atoms with Gasteiger partial charge in [0.25, 0.3) is 0 Å². The number of nitrogens with one attached hydrogen (secondary N) is 1. The minimum atomic E-state index is -0.253. The molecule has 1 fully saturated rings. The molecule has 1 saturated heterocycles. The highest BCUT2D eigenvalue weighted by Crippen LogP contribution is 2.15. The molecule has 1 rings (SSSR count). The molecule has 1 aliphatic heterocycles. The smallest absolute Gasteiger partial charge is 0.148 e. The van der Waals surface area contributed by atoms with Crippen LogP contribution >= 0.6 is 0 Å². The van der Waals surface area contributed by atoms with Gasteiger partial charge in [-0.25, -0.2) is 0 Å². The van der Waals surface area contributed by atoms with Gasteiger partial charge in [-0.3, -0.25) is 0 Å². The molecule has 0 radical (unpaired) electrons. The second-order valence-electron chi connectivity index (χ2n) is 2.09. The van der Waals surface area contributed by atoms with Crippen LogP contribution in [0.4, 0.5) is 0 Å². The fourth-order valence-electron chi connectivity index (χ4n) is 0.912. The van der Waals surface area contributed by atoms with E-state index in [-0.39, 0.29) is 12.2 Å². The fourth-order valence-corrected chi connectivity index (χ4v) is 0.912. The number of hydrogen-bond acceptors (Lipinski definition) is 3. The summed E-state index contributed by atoms with van der Waals surface area (Å²) in [7, 11) is 0. The zero-order chi connectivity index (χ0) is 6.69. The number of hydrogen-bond donors (Lipinski definition) is 1. The summed E-state index contributed by atoms with van der Waals surface area (Å²) in [5.74, 6) is 0. The molecular formula is C6H9NO2. The molecule has 0 aromatic heterocycles. The Morgan fingerprint density at radius 3 is 2.44 bits per heavy atom. The largest absolute Gasteiger partial charge is 0.362 e. The molecule has 1 N–H and O–H groups in total. The van der Waals surface area contributed by atoms with Gasteiger partial charge in [0.2, 0.25) is 0 Å². The van der Waals surface area contributed by atoms with Gasteiger partial charge in [0.1, 0.15) is 12.4 Å². The van der Waals surface area contributed by atoms with Gasteiger partial charge in [-0.2, -0.15) is 0 Å². The number of aldehydes is 1. The van der Waals surface area contributed by atoms with Gasteiger partial charge in [0.15, 0.2) is 0 Å². The molecule has 0 aromatic rings. The van der Waals surface area contributed by atoms with E-state index < -0.39 is 0 Å². The van der Waals surface area contributed by atoms with Crippen molar-refractivity contribution in [3.63, 3.8) is 0 Å². The average molecular weight is 127 g/mol. The Bertz CT molecular complexity index is 110. The maximum absolute atomic E-state index is 10.1. The van der Waals surface area contributed by atoms with Gasteiger partial charge >= 0.3 is 0 Å². The Balaban J connectivity index is 2.36. The van der Waals surface area contributed by atoms with E-state index in [9.17, 15) is 4.79 Å². The Morgan fingerprint density at radius 2 is 2.11 bits per heavy atom. The third-order valence-corrected chi connectivity index (χ3v) is 1.42. The van der Waals surface area contributed by atoms with Gasteiger partial charge in [-0.05, 0) is 12.8 Å². The Morgan fingerprint density at radius 1 is 1.44 bits per heavy atom. The quantitative estimate of drug-likeness (QED) is 0.430. The lowest BCUT2D eigenvalue weighted by Crippen LogP contribution is -2.11. The number of rotatable bonds is 2. The number of carbonyl (C=O) groups is 1.